The van der Waals surface area contributed by atoms with E-state index in [1.54, 1.807) is 10.8 Å². The molecule has 10 heteroatoms. The van der Waals surface area contributed by atoms with Crippen molar-refractivity contribution in [1.82, 2.24) is 20.7 Å². The molecule has 0 saturated heterocycles. The van der Waals surface area contributed by atoms with Gasteiger partial charge in [0.1, 0.15) is 18.3 Å². The molecular weight excluding hydrogens is 624 g/mol. The molecule has 0 radical (unpaired) electrons. The van der Waals surface area contributed by atoms with Crippen LogP contribution in [-0.4, -0.2) is 27.2 Å². The number of amides is 2. The Labute approximate surface area is 262 Å². The van der Waals surface area contributed by atoms with E-state index in [1.165, 1.54) is 0 Å². The highest BCUT2D eigenvalue weighted by Gasteiger charge is 2.34. The first kappa shape index (κ1) is 28.3. The Morgan fingerprint density at radius 2 is 1.53 bits per heavy atom. The number of hydrogen-bond donors (Lipinski definition) is 4. The maximum Gasteiger partial charge on any atom is 0.270 e. The van der Waals surface area contributed by atoms with Crippen molar-refractivity contribution in [2.75, 3.05) is 5.32 Å². The van der Waals surface area contributed by atoms with E-state index in [-0.39, 0.29) is 35.6 Å². The lowest BCUT2D eigenvalue weighted by molar-refractivity contribution is -0.122. The minimum Gasteiger partial charge on any atom is -0.341 e. The summed E-state index contributed by atoms with van der Waals surface area (Å²) in [6.07, 6.45) is 1.81. The molecule has 0 saturated carbocycles. The minimum atomic E-state index is -0.340. The van der Waals surface area contributed by atoms with Gasteiger partial charge in [0.15, 0.2) is 5.11 Å². The number of hydrogen-bond acceptors (Lipinski definition) is 4. The van der Waals surface area contributed by atoms with E-state index in [4.69, 9.17) is 17.2 Å². The average Bonchev–Trinajstić information content (AvgIpc) is 3.37. The van der Waals surface area contributed by atoms with Gasteiger partial charge in [-0.15, -0.1) is 0 Å². The third kappa shape index (κ3) is 6.35. The van der Waals surface area contributed by atoms with E-state index in [0.717, 1.165) is 32.2 Å². The molecule has 1 aromatic heterocycles. The third-order valence-corrected chi connectivity index (χ3v) is 7.84. The van der Waals surface area contributed by atoms with Crippen LogP contribution in [0.4, 0.5) is 5.69 Å². The predicted octanol–water partition coefficient (Wildman–Crippen LogP) is 5.82. The Kier molecular flexibility index (Phi) is 8.30. The smallest absolute Gasteiger partial charge is 0.270 e. The fourth-order valence-electron chi connectivity index (χ4n) is 5.19. The van der Waals surface area contributed by atoms with Gasteiger partial charge in [0.2, 0.25) is 0 Å². The molecule has 1 aliphatic heterocycles. The van der Waals surface area contributed by atoms with Crippen LogP contribution >= 0.6 is 28.1 Å². The Hall–Kier alpha value is -4.80. The molecule has 2 amide bonds. The van der Waals surface area contributed by atoms with Crippen LogP contribution in [0.25, 0.3) is 10.9 Å². The number of fused-ring (bicyclic) bond motifs is 1. The number of thiocarbonyl (C=S) groups is 1. The summed E-state index contributed by atoms with van der Waals surface area (Å²) >= 11 is 8.86. The van der Waals surface area contributed by atoms with Crippen LogP contribution < -0.4 is 21.5 Å². The van der Waals surface area contributed by atoms with Crippen molar-refractivity contribution in [3.8, 4) is 0 Å². The molecule has 1 aliphatic rings. The number of hydrazine groups is 1. The second-order valence-corrected chi connectivity index (χ2v) is 11.3. The molecule has 4 aromatic carbocycles. The van der Waals surface area contributed by atoms with Gasteiger partial charge >= 0.3 is 0 Å². The van der Waals surface area contributed by atoms with Gasteiger partial charge in [0.05, 0.1) is 6.04 Å². The van der Waals surface area contributed by atoms with E-state index >= 15 is 0 Å². The second kappa shape index (κ2) is 12.6. The summed E-state index contributed by atoms with van der Waals surface area (Å²) in [7, 11) is 0. The maximum atomic E-state index is 13.7. The lowest BCUT2D eigenvalue weighted by Gasteiger charge is -2.31. The zero-order chi connectivity index (χ0) is 29.8. The van der Waals surface area contributed by atoms with Gasteiger partial charge in [0, 0.05) is 32.8 Å². The first-order valence-corrected chi connectivity index (χ1v) is 14.8. The van der Waals surface area contributed by atoms with Crippen LogP contribution in [-0.2, 0) is 16.1 Å². The topological polar surface area (TPSA) is 99.5 Å². The number of nitrogens with zero attached hydrogens (tertiary/aromatic N) is 2. The lowest BCUT2D eigenvalue weighted by atomic mass is 9.91. The molecule has 2 heterocycles. The highest BCUT2D eigenvalue weighted by atomic mass is 79.9. The number of nitrogens with one attached hydrogen (secondary N) is 4. The van der Waals surface area contributed by atoms with E-state index < -0.39 is 0 Å². The normalized spacial score (nSPS) is 16.2. The number of carbonyl (C=O) groups is 2. The molecule has 5 aromatic rings. The Morgan fingerprint density at radius 1 is 0.884 bits per heavy atom. The van der Waals surface area contributed by atoms with Gasteiger partial charge in [-0.1, -0.05) is 94.8 Å². The molecule has 8 nitrogen and oxygen atoms in total. The summed E-state index contributed by atoms with van der Waals surface area (Å²) < 4.78 is 2.65. The molecule has 0 fully saturated rings. The van der Waals surface area contributed by atoms with Crippen molar-refractivity contribution in [2.24, 2.45) is 4.99 Å². The maximum absolute atomic E-state index is 13.7. The summed E-state index contributed by atoms with van der Waals surface area (Å²) in [6, 6.07) is 34.3. The number of halogens is 1. The summed E-state index contributed by atoms with van der Waals surface area (Å²) in [6.45, 7) is -0.0112. The van der Waals surface area contributed by atoms with Crippen LogP contribution in [0.15, 0.2) is 125 Å². The van der Waals surface area contributed by atoms with E-state index in [2.05, 4.69) is 37.4 Å². The number of aromatic nitrogens is 1. The first-order chi connectivity index (χ1) is 21.0. The number of benzene rings is 4. The van der Waals surface area contributed by atoms with Crippen molar-refractivity contribution >= 4 is 67.4 Å². The van der Waals surface area contributed by atoms with Crippen molar-refractivity contribution in [2.45, 2.75) is 18.6 Å². The zero-order valence-corrected chi connectivity index (χ0v) is 25.2. The van der Waals surface area contributed by atoms with E-state index in [0.29, 0.717) is 11.3 Å². The minimum absolute atomic E-state index is 0.0112. The highest BCUT2D eigenvalue weighted by Crippen LogP contribution is 2.37. The average molecular weight is 652 g/mol. The van der Waals surface area contributed by atoms with E-state index in [9.17, 15) is 9.59 Å². The fraction of sp³-hybridized carbons (Fsp3) is 0.0909. The van der Waals surface area contributed by atoms with Crippen LogP contribution in [0.2, 0.25) is 0 Å². The number of rotatable bonds is 6. The number of aliphatic imine (C=N–C) groups is 1. The molecule has 4 N–H and O–H groups in total. The quantitative estimate of drug-likeness (QED) is 0.137. The summed E-state index contributed by atoms with van der Waals surface area (Å²) in [5, 5.41) is 7.29. The molecule has 2 atom stereocenters. The number of carbonyl (C=O) groups excluding carboxylic acids is 2. The SMILES string of the molecule is O=C(Cn1cc(C2=N[C@@H](c3ccccc3)[C@H](c3ccccc3)NC2=O)c2cc(Br)ccc21)NNC(=S)Nc1ccccc1. The van der Waals surface area contributed by atoms with Gasteiger partial charge in [-0.25, -0.2) is 0 Å². The predicted molar refractivity (Wildman–Crippen MR) is 177 cm³/mol. The molecule has 0 aliphatic carbocycles. The van der Waals surface area contributed by atoms with Crippen molar-refractivity contribution in [3.63, 3.8) is 0 Å². The Balaban J connectivity index is 1.30. The Morgan fingerprint density at radius 3 is 2.23 bits per heavy atom. The van der Waals surface area contributed by atoms with Crippen LogP contribution in [0, 0.1) is 0 Å². The molecular formula is C33H27BrN6O2S. The van der Waals surface area contributed by atoms with Crippen molar-refractivity contribution < 1.29 is 9.59 Å². The summed E-state index contributed by atoms with van der Waals surface area (Å²) in [5.74, 6) is -0.589. The third-order valence-electron chi connectivity index (χ3n) is 7.14. The standard InChI is InChI=1S/C33H27BrN6O2S/c34-23-16-17-27-25(18-23)26(19-40(27)20-28(41)38-39-33(43)35-24-14-8-3-9-15-24)31-32(42)37-30(22-12-6-2-7-13-22)29(36-31)21-10-4-1-5-11-21/h1-19,29-30H,20H2,(H,37,42)(H,38,41)(H2,35,39,43)/t29-,30-/m0/s1. The van der Waals surface area contributed by atoms with Crippen molar-refractivity contribution in [3.05, 3.63) is 137 Å². The summed E-state index contributed by atoms with van der Waals surface area (Å²) in [4.78, 5) is 31.7. The van der Waals surface area contributed by atoms with Gasteiger partial charge in [0.25, 0.3) is 11.8 Å². The van der Waals surface area contributed by atoms with Crippen molar-refractivity contribution in [1.29, 1.82) is 0 Å². The van der Waals surface area contributed by atoms with E-state index in [1.807, 2.05) is 109 Å². The molecule has 6 rings (SSSR count). The molecule has 214 valence electrons. The Bertz CT molecular complexity index is 1830. The van der Waals surface area contributed by atoms with Crippen LogP contribution in [0.1, 0.15) is 28.8 Å². The molecule has 43 heavy (non-hydrogen) atoms. The molecule has 0 spiro atoms. The lowest BCUT2D eigenvalue weighted by Crippen LogP contribution is -2.45. The second-order valence-electron chi connectivity index (χ2n) is 10.0. The van der Waals surface area contributed by atoms with Gasteiger partial charge in [-0.05, 0) is 53.7 Å². The molecule has 0 bridgehead atoms. The first-order valence-electron chi connectivity index (χ1n) is 13.6. The van der Waals surface area contributed by atoms with Gasteiger partial charge in [-0.2, -0.15) is 0 Å². The van der Waals surface area contributed by atoms with Gasteiger partial charge < -0.3 is 15.2 Å². The highest BCUT2D eigenvalue weighted by molar-refractivity contribution is 9.10. The fourth-order valence-corrected chi connectivity index (χ4v) is 5.72. The largest absolute Gasteiger partial charge is 0.341 e. The van der Waals surface area contributed by atoms with Crippen LogP contribution in [0.3, 0.4) is 0 Å². The van der Waals surface area contributed by atoms with Gasteiger partial charge in [-0.3, -0.25) is 25.4 Å². The number of para-hydroxylation sites is 1. The monoisotopic (exact) mass is 650 g/mol. The van der Waals surface area contributed by atoms with Crippen LogP contribution in [0.5, 0.6) is 0 Å². The zero-order valence-electron chi connectivity index (χ0n) is 22.8. The summed E-state index contributed by atoms with van der Waals surface area (Å²) in [5.41, 5.74) is 9.90. The number of anilines is 1. The molecule has 0 unspecified atom stereocenters.